The van der Waals surface area contributed by atoms with Crippen molar-refractivity contribution in [2.24, 2.45) is 0 Å². The van der Waals surface area contributed by atoms with E-state index in [1.54, 1.807) is 12.1 Å². The molecule has 7 nitrogen and oxygen atoms in total. The molecule has 4 rings (SSSR count). The van der Waals surface area contributed by atoms with Gasteiger partial charge in [-0.25, -0.2) is 9.07 Å². The van der Waals surface area contributed by atoms with E-state index in [4.69, 9.17) is 31.7 Å². The molecule has 1 aliphatic rings. The molecule has 28 heavy (non-hydrogen) atoms. The normalized spacial score (nSPS) is 13.1. The van der Waals surface area contributed by atoms with Crippen LogP contribution < -0.4 is 15.3 Å². The third-order valence-corrected chi connectivity index (χ3v) is 5.25. The summed E-state index contributed by atoms with van der Waals surface area (Å²) < 4.78 is 31.3. The second-order valence-corrected chi connectivity index (χ2v) is 7.32. The molecule has 2 N–H and O–H groups in total. The second kappa shape index (κ2) is 8.26. The first-order valence-electron chi connectivity index (χ1n) is 8.33. The molecule has 0 spiro atoms. The molecule has 0 saturated heterocycles. The zero-order chi connectivity index (χ0) is 19.5. The molecule has 2 heterocycles. The van der Waals surface area contributed by atoms with Crippen molar-refractivity contribution in [3.63, 3.8) is 0 Å². The van der Waals surface area contributed by atoms with Crippen LogP contribution in [0.15, 0.2) is 41.6 Å². The van der Waals surface area contributed by atoms with E-state index in [9.17, 15) is 4.39 Å². The van der Waals surface area contributed by atoms with Crippen LogP contribution in [0, 0.1) is 5.82 Å². The van der Waals surface area contributed by atoms with Crippen LogP contribution >= 0.6 is 23.4 Å². The summed E-state index contributed by atoms with van der Waals surface area (Å²) >= 11 is 7.57. The van der Waals surface area contributed by atoms with Crippen molar-refractivity contribution in [1.29, 1.82) is 0 Å². The molecule has 1 aromatic heterocycles. The molecule has 10 heteroatoms. The number of thioether (sulfide) groups is 1. The van der Waals surface area contributed by atoms with Crippen molar-refractivity contribution in [2.75, 3.05) is 12.6 Å². The van der Waals surface area contributed by atoms with Crippen LogP contribution in [0.5, 0.6) is 11.5 Å². The number of benzene rings is 2. The van der Waals surface area contributed by atoms with E-state index in [-0.39, 0.29) is 19.1 Å². The van der Waals surface area contributed by atoms with Crippen molar-refractivity contribution in [2.45, 2.75) is 24.1 Å². The lowest BCUT2D eigenvalue weighted by molar-refractivity contribution is -0.0168. The average Bonchev–Trinajstić information content (AvgIpc) is 3.05. The zero-order valence-electron chi connectivity index (χ0n) is 14.6. The Morgan fingerprint density at radius 1 is 1.29 bits per heavy atom. The fourth-order valence-electron chi connectivity index (χ4n) is 2.71. The summed E-state index contributed by atoms with van der Waals surface area (Å²) in [5.74, 6) is 7.42. The van der Waals surface area contributed by atoms with Gasteiger partial charge in [0.15, 0.2) is 24.2 Å². The Hall–Kier alpha value is -2.49. The van der Waals surface area contributed by atoms with Crippen LogP contribution in [0.25, 0.3) is 0 Å². The minimum absolute atomic E-state index is 0.00198. The molecule has 3 aromatic rings. The summed E-state index contributed by atoms with van der Waals surface area (Å²) in [5, 5.41) is 9.20. The van der Waals surface area contributed by atoms with Gasteiger partial charge in [-0.15, -0.1) is 10.2 Å². The van der Waals surface area contributed by atoms with Crippen molar-refractivity contribution in [3.05, 3.63) is 64.2 Å². The monoisotopic (exact) mass is 422 g/mol. The standard InChI is InChI=1S/C18H16ClFN4O3S/c19-13-5-11-7-25-10-27-17(11)12(6-13)9-28-18-23-22-16(24(18)21)8-26-15-4-2-1-3-14(15)20/h1-6H,7-10,21H2. The van der Waals surface area contributed by atoms with Gasteiger partial charge in [0.25, 0.3) is 0 Å². The highest BCUT2D eigenvalue weighted by Crippen LogP contribution is 2.35. The Kier molecular flexibility index (Phi) is 5.56. The highest BCUT2D eigenvalue weighted by atomic mass is 35.5. The van der Waals surface area contributed by atoms with Crippen molar-refractivity contribution in [1.82, 2.24) is 14.9 Å². The van der Waals surface area contributed by atoms with E-state index >= 15 is 0 Å². The fourth-order valence-corrected chi connectivity index (χ4v) is 3.82. The number of nitrogens with zero attached hydrogens (tertiary/aromatic N) is 3. The van der Waals surface area contributed by atoms with Crippen LogP contribution in [0.1, 0.15) is 17.0 Å². The number of para-hydroxylation sites is 1. The lowest BCUT2D eigenvalue weighted by Gasteiger charge is -2.20. The smallest absolute Gasteiger partial charge is 0.210 e. The molecule has 0 unspecified atom stereocenters. The molecule has 0 fully saturated rings. The zero-order valence-corrected chi connectivity index (χ0v) is 16.2. The molecule has 1 aliphatic heterocycles. The van der Waals surface area contributed by atoms with E-state index in [0.29, 0.717) is 28.4 Å². The summed E-state index contributed by atoms with van der Waals surface area (Å²) in [5.41, 5.74) is 1.82. The van der Waals surface area contributed by atoms with Crippen molar-refractivity contribution in [3.8, 4) is 11.5 Å². The molecular weight excluding hydrogens is 407 g/mol. The number of aromatic nitrogens is 3. The van der Waals surface area contributed by atoms with Gasteiger partial charge in [0.1, 0.15) is 12.4 Å². The Morgan fingerprint density at radius 3 is 3.00 bits per heavy atom. The van der Waals surface area contributed by atoms with E-state index in [2.05, 4.69) is 10.2 Å². The van der Waals surface area contributed by atoms with Gasteiger partial charge in [-0.1, -0.05) is 35.5 Å². The van der Waals surface area contributed by atoms with E-state index in [0.717, 1.165) is 16.9 Å². The number of rotatable bonds is 6. The van der Waals surface area contributed by atoms with Gasteiger partial charge in [-0.2, -0.15) is 0 Å². The Balaban J connectivity index is 1.44. The van der Waals surface area contributed by atoms with E-state index < -0.39 is 5.82 Å². The Bertz CT molecular complexity index is 1000. The minimum Gasteiger partial charge on any atom is -0.482 e. The topological polar surface area (TPSA) is 84.4 Å². The van der Waals surface area contributed by atoms with E-state index in [1.165, 1.54) is 28.6 Å². The Morgan fingerprint density at radius 2 is 2.14 bits per heavy atom. The summed E-state index contributed by atoms with van der Waals surface area (Å²) in [7, 11) is 0. The first kappa shape index (κ1) is 18.9. The molecule has 146 valence electrons. The quantitative estimate of drug-likeness (QED) is 0.480. The Labute approximate surface area is 169 Å². The lowest BCUT2D eigenvalue weighted by Crippen LogP contribution is -2.16. The maximum Gasteiger partial charge on any atom is 0.210 e. The minimum atomic E-state index is -0.449. The molecule has 0 aliphatic carbocycles. The number of hydrogen-bond donors (Lipinski definition) is 1. The highest BCUT2D eigenvalue weighted by molar-refractivity contribution is 7.98. The van der Waals surface area contributed by atoms with Crippen LogP contribution in [-0.4, -0.2) is 21.7 Å². The maximum absolute atomic E-state index is 13.6. The van der Waals surface area contributed by atoms with Crippen LogP contribution in [0.4, 0.5) is 4.39 Å². The number of halogens is 2. The second-order valence-electron chi connectivity index (χ2n) is 5.94. The average molecular weight is 423 g/mol. The molecule has 0 saturated carbocycles. The molecule has 2 aromatic carbocycles. The SMILES string of the molecule is Nn1c(COc2ccccc2F)nnc1SCc1cc(Cl)cc2c1OCOC2. The van der Waals surface area contributed by atoms with Gasteiger partial charge in [0.05, 0.1) is 6.61 Å². The number of nitrogens with two attached hydrogens (primary N) is 1. The summed E-state index contributed by atoms with van der Waals surface area (Å²) in [6, 6.07) is 9.81. The van der Waals surface area contributed by atoms with Crippen molar-refractivity contribution < 1.29 is 18.6 Å². The lowest BCUT2D eigenvalue weighted by atomic mass is 10.1. The molecule has 0 bridgehead atoms. The van der Waals surface area contributed by atoms with Gasteiger partial charge in [0.2, 0.25) is 5.16 Å². The highest BCUT2D eigenvalue weighted by Gasteiger charge is 2.18. The number of fused-ring (bicyclic) bond motifs is 1. The summed E-state index contributed by atoms with van der Waals surface area (Å²) in [6.07, 6.45) is 0. The third-order valence-electron chi connectivity index (χ3n) is 4.04. The van der Waals surface area contributed by atoms with Gasteiger partial charge in [-0.3, -0.25) is 0 Å². The third kappa shape index (κ3) is 4.01. The fraction of sp³-hybridized carbons (Fsp3) is 0.222. The summed E-state index contributed by atoms with van der Waals surface area (Å²) in [6.45, 7) is 0.660. The largest absolute Gasteiger partial charge is 0.482 e. The van der Waals surface area contributed by atoms with Gasteiger partial charge >= 0.3 is 0 Å². The number of ether oxygens (including phenoxy) is 3. The predicted molar refractivity (Wildman–Crippen MR) is 102 cm³/mol. The van der Waals surface area contributed by atoms with Crippen molar-refractivity contribution >= 4 is 23.4 Å². The first-order valence-corrected chi connectivity index (χ1v) is 9.69. The molecule has 0 atom stereocenters. The molecule has 0 amide bonds. The van der Waals surface area contributed by atoms with Gasteiger partial charge in [-0.05, 0) is 24.3 Å². The number of hydrogen-bond acceptors (Lipinski definition) is 7. The van der Waals surface area contributed by atoms with Crippen LogP contribution in [0.3, 0.4) is 0 Å². The molecular formula is C18H16ClFN4O3S. The summed E-state index contributed by atoms with van der Waals surface area (Å²) in [4.78, 5) is 0. The molecule has 0 radical (unpaired) electrons. The predicted octanol–water partition coefficient (Wildman–Crippen LogP) is 3.52. The van der Waals surface area contributed by atoms with Gasteiger partial charge < -0.3 is 20.1 Å². The maximum atomic E-state index is 13.6. The number of nitrogen functional groups attached to an aromatic ring is 1. The van der Waals surface area contributed by atoms with Crippen LogP contribution in [0.2, 0.25) is 5.02 Å². The van der Waals surface area contributed by atoms with Gasteiger partial charge in [0, 0.05) is 21.9 Å². The van der Waals surface area contributed by atoms with E-state index in [1.807, 2.05) is 12.1 Å². The first-order chi connectivity index (χ1) is 13.6. The van der Waals surface area contributed by atoms with Crippen LogP contribution in [-0.2, 0) is 23.7 Å².